The van der Waals surface area contributed by atoms with Crippen molar-refractivity contribution in [1.82, 2.24) is 5.32 Å². The first-order valence-corrected chi connectivity index (χ1v) is 35.1. The lowest BCUT2D eigenvalue weighted by molar-refractivity contribution is -0.143. The molecule has 456 valence electrons. The van der Waals surface area contributed by atoms with Gasteiger partial charge in [0.2, 0.25) is 5.91 Å². The van der Waals surface area contributed by atoms with E-state index in [-0.39, 0.29) is 18.5 Å². The maximum atomic E-state index is 12.5. The third-order valence-electron chi connectivity index (χ3n) is 16.5. The Morgan fingerprint density at radius 3 is 0.922 bits per heavy atom. The Morgan fingerprint density at radius 2 is 0.610 bits per heavy atom. The van der Waals surface area contributed by atoms with E-state index < -0.39 is 12.1 Å². The zero-order valence-electron chi connectivity index (χ0n) is 52.2. The number of carbonyl (C=O) groups excluding carboxylic acids is 2. The van der Waals surface area contributed by atoms with Crippen molar-refractivity contribution in [3.8, 4) is 0 Å². The van der Waals surface area contributed by atoms with Crippen LogP contribution in [-0.2, 0) is 14.3 Å². The molecular weight excluding hydrogens is 947 g/mol. The van der Waals surface area contributed by atoms with Crippen molar-refractivity contribution in [1.29, 1.82) is 0 Å². The first kappa shape index (κ1) is 75.3. The second kappa shape index (κ2) is 66.8. The van der Waals surface area contributed by atoms with Crippen LogP contribution in [-0.4, -0.2) is 47.4 Å². The predicted octanol–water partition coefficient (Wildman–Crippen LogP) is 22.5. The molecule has 6 nitrogen and oxygen atoms in total. The second-order valence-electron chi connectivity index (χ2n) is 24.2. The molecule has 0 saturated carbocycles. The first-order chi connectivity index (χ1) is 38.0. The zero-order chi connectivity index (χ0) is 55.7. The van der Waals surface area contributed by atoms with Crippen molar-refractivity contribution in [2.24, 2.45) is 0 Å². The van der Waals surface area contributed by atoms with E-state index in [0.717, 1.165) is 38.5 Å². The van der Waals surface area contributed by atoms with E-state index in [2.05, 4.69) is 31.3 Å². The summed E-state index contributed by atoms with van der Waals surface area (Å²) in [5, 5.41) is 23.2. The van der Waals surface area contributed by atoms with Crippen molar-refractivity contribution in [3.05, 3.63) is 24.3 Å². The fraction of sp³-hybridized carbons (Fsp3) is 0.915. The van der Waals surface area contributed by atoms with Gasteiger partial charge in [-0.15, -0.1) is 0 Å². The van der Waals surface area contributed by atoms with Gasteiger partial charge in [0.1, 0.15) is 0 Å². The number of aliphatic hydroxyl groups excluding tert-OH is 2. The van der Waals surface area contributed by atoms with Crippen molar-refractivity contribution < 1.29 is 24.5 Å². The Kier molecular flexibility index (Phi) is 65.4. The maximum absolute atomic E-state index is 12.5. The first-order valence-electron chi connectivity index (χ1n) is 35.1. The smallest absolute Gasteiger partial charge is 0.305 e. The number of carbonyl (C=O) groups is 2. The van der Waals surface area contributed by atoms with Crippen molar-refractivity contribution in [3.63, 3.8) is 0 Å². The fourth-order valence-electron chi connectivity index (χ4n) is 11.1. The number of hydrogen-bond acceptors (Lipinski definition) is 5. The lowest BCUT2D eigenvalue weighted by Gasteiger charge is -2.20. The van der Waals surface area contributed by atoms with Crippen LogP contribution in [0.5, 0.6) is 0 Å². The molecule has 3 N–H and O–H groups in total. The molecular formula is C71H137NO5. The van der Waals surface area contributed by atoms with E-state index in [0.29, 0.717) is 19.4 Å². The lowest BCUT2D eigenvalue weighted by Crippen LogP contribution is -2.45. The zero-order valence-corrected chi connectivity index (χ0v) is 52.2. The second-order valence-corrected chi connectivity index (χ2v) is 24.2. The van der Waals surface area contributed by atoms with Gasteiger partial charge in [-0.3, -0.25) is 9.59 Å². The Hall–Kier alpha value is -1.66. The summed E-state index contributed by atoms with van der Waals surface area (Å²) in [5.41, 5.74) is 0. The average molecular weight is 1080 g/mol. The van der Waals surface area contributed by atoms with Crippen LogP contribution in [0.4, 0.5) is 0 Å². The summed E-state index contributed by atoms with van der Waals surface area (Å²) in [6.45, 7) is 4.94. The molecule has 77 heavy (non-hydrogen) atoms. The Bertz CT molecular complexity index is 1200. The molecule has 6 heteroatoms. The molecule has 0 spiro atoms. The van der Waals surface area contributed by atoms with E-state index >= 15 is 0 Å². The molecule has 0 rings (SSSR count). The van der Waals surface area contributed by atoms with Gasteiger partial charge in [0, 0.05) is 12.8 Å². The summed E-state index contributed by atoms with van der Waals surface area (Å²) >= 11 is 0. The summed E-state index contributed by atoms with van der Waals surface area (Å²) in [6, 6.07) is -0.628. The molecule has 0 aliphatic heterocycles. The molecule has 0 aliphatic rings. The van der Waals surface area contributed by atoms with Gasteiger partial charge in [-0.25, -0.2) is 0 Å². The van der Waals surface area contributed by atoms with Crippen LogP contribution in [0, 0.1) is 0 Å². The lowest BCUT2D eigenvalue weighted by atomic mass is 10.0. The van der Waals surface area contributed by atoms with E-state index in [1.807, 2.05) is 6.08 Å². The summed E-state index contributed by atoms with van der Waals surface area (Å²) in [5.74, 6) is -0.0461. The molecule has 0 aromatic carbocycles. The molecule has 0 aromatic heterocycles. The minimum Gasteiger partial charge on any atom is -0.466 e. The molecule has 0 bridgehead atoms. The Balaban J connectivity index is 3.39. The highest BCUT2D eigenvalue weighted by Gasteiger charge is 2.18. The molecule has 0 aliphatic carbocycles. The molecule has 0 heterocycles. The Labute approximate surface area is 481 Å². The van der Waals surface area contributed by atoms with Crippen molar-refractivity contribution in [2.45, 2.75) is 405 Å². The monoisotopic (exact) mass is 1080 g/mol. The molecule has 0 saturated heterocycles. The fourth-order valence-corrected chi connectivity index (χ4v) is 11.1. The van der Waals surface area contributed by atoms with Gasteiger partial charge in [-0.2, -0.15) is 0 Å². The number of unbranched alkanes of at least 4 members (excludes halogenated alkanes) is 53. The predicted molar refractivity (Wildman–Crippen MR) is 338 cm³/mol. The van der Waals surface area contributed by atoms with Crippen LogP contribution >= 0.6 is 0 Å². The van der Waals surface area contributed by atoms with Crippen LogP contribution in [0.15, 0.2) is 24.3 Å². The van der Waals surface area contributed by atoms with Crippen LogP contribution in [0.3, 0.4) is 0 Å². The number of amides is 1. The quantitative estimate of drug-likeness (QED) is 0.0320. The molecule has 0 aromatic rings. The SMILES string of the molecule is CCCCCCCCCCCCCCCCCC/C=C/C(O)C(CO)NC(=O)CCCCCCCCCCCCCC/C=C\CCCCCCCCCCCCCCOC(=O)CCCCCCCCCCCCCCCC. The highest BCUT2D eigenvalue weighted by Crippen LogP contribution is 2.18. The number of rotatable bonds is 66. The van der Waals surface area contributed by atoms with Crippen molar-refractivity contribution in [2.75, 3.05) is 13.2 Å². The normalized spacial score (nSPS) is 12.6. The van der Waals surface area contributed by atoms with Crippen LogP contribution in [0.1, 0.15) is 393 Å². The molecule has 2 atom stereocenters. The summed E-state index contributed by atoms with van der Waals surface area (Å²) in [7, 11) is 0. The third-order valence-corrected chi connectivity index (χ3v) is 16.5. The number of aliphatic hydroxyl groups is 2. The van der Waals surface area contributed by atoms with Crippen molar-refractivity contribution >= 4 is 11.9 Å². The molecule has 1 amide bonds. The Morgan fingerprint density at radius 1 is 0.351 bits per heavy atom. The van der Waals surface area contributed by atoms with E-state index in [1.54, 1.807) is 6.08 Å². The maximum Gasteiger partial charge on any atom is 0.305 e. The van der Waals surface area contributed by atoms with Gasteiger partial charge >= 0.3 is 5.97 Å². The number of esters is 1. The van der Waals surface area contributed by atoms with Gasteiger partial charge in [0.15, 0.2) is 0 Å². The topological polar surface area (TPSA) is 95.9 Å². The van der Waals surface area contributed by atoms with Gasteiger partial charge in [0.05, 0.1) is 25.4 Å². The van der Waals surface area contributed by atoms with Gasteiger partial charge < -0.3 is 20.3 Å². The highest BCUT2D eigenvalue weighted by atomic mass is 16.5. The van der Waals surface area contributed by atoms with Crippen LogP contribution in [0.2, 0.25) is 0 Å². The highest BCUT2D eigenvalue weighted by molar-refractivity contribution is 5.76. The number of allylic oxidation sites excluding steroid dienone is 3. The molecule has 0 radical (unpaired) electrons. The minimum absolute atomic E-state index is 0.0184. The van der Waals surface area contributed by atoms with Crippen LogP contribution in [0.25, 0.3) is 0 Å². The number of nitrogens with one attached hydrogen (secondary N) is 1. The van der Waals surface area contributed by atoms with Crippen LogP contribution < -0.4 is 5.32 Å². The average Bonchev–Trinajstić information content (AvgIpc) is 3.43. The number of hydrogen-bond donors (Lipinski definition) is 3. The third kappa shape index (κ3) is 63.4. The van der Waals surface area contributed by atoms with E-state index in [1.165, 1.54) is 327 Å². The van der Waals surface area contributed by atoms with Gasteiger partial charge in [0.25, 0.3) is 0 Å². The van der Waals surface area contributed by atoms with Gasteiger partial charge in [-0.1, -0.05) is 346 Å². The summed E-state index contributed by atoms with van der Waals surface area (Å²) in [6.07, 6.45) is 84.0. The molecule has 2 unspecified atom stereocenters. The van der Waals surface area contributed by atoms with E-state index in [4.69, 9.17) is 4.74 Å². The summed E-state index contributed by atoms with van der Waals surface area (Å²) in [4.78, 5) is 24.6. The molecule has 0 fully saturated rings. The largest absolute Gasteiger partial charge is 0.466 e. The minimum atomic E-state index is -0.845. The standard InChI is InChI=1S/C71H137NO5/c1-3-5-7-9-11-13-15-17-19-20-33-36-39-43-47-51-55-59-63-69(74)68(67-73)72-70(75)64-60-56-52-48-44-40-37-34-31-29-27-25-23-21-22-24-26-28-30-32-35-38-42-46-50-54-58-62-66-77-71(76)65-61-57-53-49-45-41-18-16-14-12-10-8-6-4-2/h21-22,59,63,68-69,73-74H,3-20,23-58,60-62,64-67H2,1-2H3,(H,72,75)/b22-21-,63-59+. The number of ether oxygens (including phenoxy) is 1. The van der Waals surface area contributed by atoms with Gasteiger partial charge in [-0.05, 0) is 57.8 Å². The summed E-state index contributed by atoms with van der Waals surface area (Å²) < 4.78 is 5.49. The van der Waals surface area contributed by atoms with E-state index in [9.17, 15) is 19.8 Å².